The first kappa shape index (κ1) is 11.9. The van der Waals surface area contributed by atoms with E-state index >= 15 is 0 Å². The van der Waals surface area contributed by atoms with Crippen LogP contribution >= 0.6 is 0 Å². The van der Waals surface area contributed by atoms with Crippen molar-refractivity contribution in [2.75, 3.05) is 19.7 Å². The van der Waals surface area contributed by atoms with E-state index in [4.69, 9.17) is 10.5 Å². The number of likely N-dealkylation sites (tertiary alicyclic amines) is 1. The van der Waals surface area contributed by atoms with E-state index in [-0.39, 0.29) is 0 Å². The summed E-state index contributed by atoms with van der Waals surface area (Å²) in [6.07, 6.45) is 2.92. The predicted molar refractivity (Wildman–Crippen MR) is 68.7 cm³/mol. The van der Waals surface area contributed by atoms with E-state index in [1.54, 1.807) is 0 Å². The van der Waals surface area contributed by atoms with E-state index in [1.807, 2.05) is 0 Å². The summed E-state index contributed by atoms with van der Waals surface area (Å²) < 4.78 is 5.92. The van der Waals surface area contributed by atoms with Crippen LogP contribution in [0.1, 0.15) is 33.6 Å². The van der Waals surface area contributed by atoms with Crippen LogP contribution in [0, 0.1) is 17.3 Å². The molecule has 0 spiro atoms. The van der Waals surface area contributed by atoms with E-state index < -0.39 is 0 Å². The van der Waals surface area contributed by atoms with E-state index in [0.29, 0.717) is 29.5 Å². The van der Waals surface area contributed by atoms with Gasteiger partial charge in [-0.15, -0.1) is 0 Å². The van der Waals surface area contributed by atoms with Gasteiger partial charge in [-0.25, -0.2) is 0 Å². The van der Waals surface area contributed by atoms with Crippen LogP contribution in [0.25, 0.3) is 0 Å². The molecule has 2 aliphatic heterocycles. The molecule has 0 radical (unpaired) electrons. The highest BCUT2D eigenvalue weighted by Crippen LogP contribution is 2.44. The van der Waals surface area contributed by atoms with Crippen LogP contribution in [0.15, 0.2) is 0 Å². The lowest BCUT2D eigenvalue weighted by Crippen LogP contribution is -2.75. The second-order valence-electron chi connectivity index (χ2n) is 7.23. The third-order valence-electron chi connectivity index (χ3n) is 5.20. The summed E-state index contributed by atoms with van der Waals surface area (Å²) in [5.41, 5.74) is 6.76. The summed E-state index contributed by atoms with van der Waals surface area (Å²) in [5, 5.41) is 0. The number of nitrogens with two attached hydrogens (primary N) is 1. The molecule has 0 aromatic carbocycles. The maximum absolute atomic E-state index is 6.32. The molecule has 3 rings (SSSR count). The van der Waals surface area contributed by atoms with Gasteiger partial charge in [0.25, 0.3) is 0 Å². The molecule has 3 nitrogen and oxygen atoms in total. The van der Waals surface area contributed by atoms with Gasteiger partial charge in [-0.05, 0) is 24.2 Å². The molecule has 2 N–H and O–H groups in total. The monoisotopic (exact) mass is 238 g/mol. The summed E-state index contributed by atoms with van der Waals surface area (Å²) in [6, 6.07) is 0.875. The topological polar surface area (TPSA) is 38.5 Å². The van der Waals surface area contributed by atoms with Gasteiger partial charge in [-0.1, -0.05) is 20.8 Å². The first-order valence-corrected chi connectivity index (χ1v) is 7.10. The Morgan fingerprint density at radius 3 is 2.59 bits per heavy atom. The first-order chi connectivity index (χ1) is 7.98. The van der Waals surface area contributed by atoms with Crippen molar-refractivity contribution in [1.82, 2.24) is 4.90 Å². The van der Waals surface area contributed by atoms with Crippen LogP contribution in [0.3, 0.4) is 0 Å². The molecule has 3 aliphatic rings. The van der Waals surface area contributed by atoms with Gasteiger partial charge in [0.2, 0.25) is 0 Å². The van der Waals surface area contributed by atoms with Crippen molar-refractivity contribution in [2.45, 2.75) is 51.8 Å². The molecule has 4 atom stereocenters. The highest BCUT2D eigenvalue weighted by molar-refractivity contribution is 5.11. The molecule has 2 saturated heterocycles. The number of hydrogen-bond acceptors (Lipinski definition) is 3. The van der Waals surface area contributed by atoms with Crippen LogP contribution in [0.2, 0.25) is 0 Å². The molecule has 1 saturated carbocycles. The maximum atomic E-state index is 6.32. The molecular weight excluding hydrogens is 212 g/mol. The minimum absolute atomic E-state index is 0.362. The average molecular weight is 238 g/mol. The molecule has 1 aliphatic carbocycles. The Bertz CT molecular complexity index is 293. The molecule has 0 aromatic rings. The standard InChI is InChI=1S/C14H26N2O/c1-14(2,3)9-7-16(8-9)12-11(15)10-5-4-6-17-13(10)12/h9-13H,4-8,15H2,1-3H3. The SMILES string of the molecule is CC(C)(C)C1CN(C2C(N)C3CCCOC32)C1. The van der Waals surface area contributed by atoms with E-state index in [1.165, 1.54) is 25.9 Å². The van der Waals surface area contributed by atoms with Gasteiger partial charge in [-0.2, -0.15) is 0 Å². The Balaban J connectivity index is 1.57. The summed E-state index contributed by atoms with van der Waals surface area (Å²) in [7, 11) is 0. The Kier molecular flexibility index (Phi) is 2.77. The fraction of sp³-hybridized carbons (Fsp3) is 1.00. The molecule has 98 valence electrons. The third-order valence-corrected chi connectivity index (χ3v) is 5.20. The summed E-state index contributed by atoms with van der Waals surface area (Å²) >= 11 is 0. The van der Waals surface area contributed by atoms with Crippen molar-refractivity contribution >= 4 is 0 Å². The van der Waals surface area contributed by atoms with Crippen LogP contribution in [-0.2, 0) is 4.74 Å². The highest BCUT2D eigenvalue weighted by atomic mass is 16.5. The quantitative estimate of drug-likeness (QED) is 0.752. The normalized spacial score (nSPS) is 43.8. The zero-order valence-electron chi connectivity index (χ0n) is 11.4. The number of nitrogens with zero attached hydrogens (tertiary/aromatic N) is 1. The van der Waals surface area contributed by atoms with E-state index in [9.17, 15) is 0 Å². The summed E-state index contributed by atoms with van der Waals surface area (Å²) in [5.74, 6) is 1.47. The van der Waals surface area contributed by atoms with Crippen molar-refractivity contribution in [3.05, 3.63) is 0 Å². The minimum Gasteiger partial charge on any atom is -0.376 e. The van der Waals surface area contributed by atoms with Crippen LogP contribution in [0.5, 0.6) is 0 Å². The second-order valence-corrected chi connectivity index (χ2v) is 7.23. The lowest BCUT2D eigenvalue weighted by molar-refractivity contribution is -0.180. The van der Waals surface area contributed by atoms with Gasteiger partial charge in [0.1, 0.15) is 0 Å². The number of fused-ring (bicyclic) bond motifs is 1. The molecular formula is C14H26N2O. The predicted octanol–water partition coefficient (Wildman–Crippen LogP) is 1.47. The Morgan fingerprint density at radius 2 is 1.94 bits per heavy atom. The smallest absolute Gasteiger partial charge is 0.0788 e. The van der Waals surface area contributed by atoms with Gasteiger partial charge in [0.05, 0.1) is 12.1 Å². The van der Waals surface area contributed by atoms with Crippen molar-refractivity contribution in [2.24, 2.45) is 23.0 Å². The molecule has 3 fully saturated rings. The van der Waals surface area contributed by atoms with E-state index in [0.717, 1.165) is 12.5 Å². The number of rotatable bonds is 1. The molecule has 0 amide bonds. The van der Waals surface area contributed by atoms with Crippen molar-refractivity contribution in [1.29, 1.82) is 0 Å². The Hall–Kier alpha value is -0.120. The molecule has 4 unspecified atom stereocenters. The van der Waals surface area contributed by atoms with Crippen molar-refractivity contribution in [3.63, 3.8) is 0 Å². The molecule has 17 heavy (non-hydrogen) atoms. The largest absolute Gasteiger partial charge is 0.376 e. The third kappa shape index (κ3) is 1.83. The van der Waals surface area contributed by atoms with Gasteiger partial charge in [-0.3, -0.25) is 4.90 Å². The molecule has 2 heterocycles. The highest BCUT2D eigenvalue weighted by Gasteiger charge is 2.55. The fourth-order valence-electron chi connectivity index (χ4n) is 3.67. The summed E-state index contributed by atoms with van der Waals surface area (Å²) in [6.45, 7) is 10.4. The number of hydrogen-bond donors (Lipinski definition) is 1. The van der Waals surface area contributed by atoms with Crippen LogP contribution in [-0.4, -0.2) is 42.8 Å². The van der Waals surface area contributed by atoms with Gasteiger partial charge < -0.3 is 10.5 Å². The number of ether oxygens (including phenoxy) is 1. The van der Waals surface area contributed by atoms with E-state index in [2.05, 4.69) is 25.7 Å². The van der Waals surface area contributed by atoms with Crippen LogP contribution in [0.4, 0.5) is 0 Å². The Morgan fingerprint density at radius 1 is 1.24 bits per heavy atom. The zero-order valence-corrected chi connectivity index (χ0v) is 11.4. The van der Waals surface area contributed by atoms with Crippen molar-refractivity contribution < 1.29 is 4.74 Å². The molecule has 3 heteroatoms. The summed E-state index contributed by atoms with van der Waals surface area (Å²) in [4.78, 5) is 2.56. The van der Waals surface area contributed by atoms with Gasteiger partial charge in [0, 0.05) is 31.7 Å². The lowest BCUT2D eigenvalue weighted by Gasteiger charge is -2.61. The van der Waals surface area contributed by atoms with Crippen LogP contribution < -0.4 is 5.73 Å². The fourth-order valence-corrected chi connectivity index (χ4v) is 3.67. The molecule has 0 bridgehead atoms. The first-order valence-electron chi connectivity index (χ1n) is 7.10. The Labute approximate surface area is 105 Å². The maximum Gasteiger partial charge on any atom is 0.0788 e. The minimum atomic E-state index is 0.362. The second kappa shape index (κ2) is 3.94. The van der Waals surface area contributed by atoms with Gasteiger partial charge >= 0.3 is 0 Å². The lowest BCUT2D eigenvalue weighted by atomic mass is 9.65. The zero-order chi connectivity index (χ0) is 12.2. The molecule has 0 aromatic heterocycles. The average Bonchev–Trinajstić information content (AvgIpc) is 2.20. The van der Waals surface area contributed by atoms with Gasteiger partial charge in [0.15, 0.2) is 0 Å². The van der Waals surface area contributed by atoms with Crippen molar-refractivity contribution in [3.8, 4) is 0 Å².